The van der Waals surface area contributed by atoms with Gasteiger partial charge in [-0.1, -0.05) is 65.2 Å². The van der Waals surface area contributed by atoms with Crippen molar-refractivity contribution in [3.8, 4) is 5.75 Å². The van der Waals surface area contributed by atoms with Crippen LogP contribution in [0.1, 0.15) is 39.5 Å². The number of methoxy groups -OCH3 is 1. The fourth-order valence-electron chi connectivity index (χ4n) is 4.13. The SMILES string of the molecule is COc1ccc2nc(Cl)c(C3CC(c4ccc(C)cc4)=NN3C(=O)c3ccccc3Cl)cc2c1. The molecular formula is C27H21Cl2N3O2. The maximum Gasteiger partial charge on any atom is 0.276 e. The first-order valence-corrected chi connectivity index (χ1v) is 11.6. The molecule has 1 atom stereocenters. The first kappa shape index (κ1) is 22.4. The second-order valence-electron chi connectivity index (χ2n) is 8.19. The summed E-state index contributed by atoms with van der Waals surface area (Å²) in [5.74, 6) is 0.425. The van der Waals surface area contributed by atoms with Crippen LogP contribution in [0.25, 0.3) is 10.9 Å². The predicted octanol–water partition coefficient (Wildman–Crippen LogP) is 6.85. The lowest BCUT2D eigenvalue weighted by Crippen LogP contribution is -2.27. The van der Waals surface area contributed by atoms with Crippen LogP contribution in [0.5, 0.6) is 5.75 Å². The van der Waals surface area contributed by atoms with Crippen LogP contribution in [-0.2, 0) is 0 Å². The van der Waals surface area contributed by atoms with E-state index in [4.69, 9.17) is 33.0 Å². The van der Waals surface area contributed by atoms with Gasteiger partial charge in [0.15, 0.2) is 0 Å². The van der Waals surface area contributed by atoms with E-state index in [1.165, 1.54) is 5.01 Å². The fourth-order valence-corrected chi connectivity index (χ4v) is 4.61. The van der Waals surface area contributed by atoms with Crippen LogP contribution < -0.4 is 4.74 Å². The highest BCUT2D eigenvalue weighted by Crippen LogP contribution is 2.39. The minimum absolute atomic E-state index is 0.292. The van der Waals surface area contributed by atoms with E-state index in [1.54, 1.807) is 31.4 Å². The Morgan fingerprint density at radius 2 is 1.79 bits per heavy atom. The minimum atomic E-state index is -0.435. The standard InChI is InChI=1S/C27H21Cl2N3O2/c1-16-7-9-17(10-8-16)24-15-25(32(31-24)27(33)20-5-3-4-6-22(20)28)21-14-18-13-19(34-2)11-12-23(18)30-26(21)29/h3-14,25H,15H2,1-2H3. The van der Waals surface area contributed by atoms with E-state index in [9.17, 15) is 4.79 Å². The van der Waals surface area contributed by atoms with Gasteiger partial charge in [0.05, 0.1) is 35.0 Å². The quantitative estimate of drug-likeness (QED) is 0.294. The van der Waals surface area contributed by atoms with E-state index in [1.807, 2.05) is 55.5 Å². The molecule has 7 heteroatoms. The molecular weight excluding hydrogens is 469 g/mol. The molecule has 5 nitrogen and oxygen atoms in total. The van der Waals surface area contributed by atoms with Gasteiger partial charge in [-0.25, -0.2) is 9.99 Å². The van der Waals surface area contributed by atoms with Crippen LogP contribution in [0.2, 0.25) is 10.2 Å². The summed E-state index contributed by atoms with van der Waals surface area (Å²) in [7, 11) is 1.62. The van der Waals surface area contributed by atoms with Gasteiger partial charge < -0.3 is 4.74 Å². The first-order valence-electron chi connectivity index (χ1n) is 10.8. The van der Waals surface area contributed by atoms with Crippen molar-refractivity contribution in [1.29, 1.82) is 0 Å². The average molecular weight is 490 g/mol. The van der Waals surface area contributed by atoms with Crippen molar-refractivity contribution in [2.24, 2.45) is 5.10 Å². The molecule has 34 heavy (non-hydrogen) atoms. The molecule has 3 aromatic carbocycles. The first-order chi connectivity index (χ1) is 16.4. The number of nitrogens with zero attached hydrogens (tertiary/aromatic N) is 3. The van der Waals surface area contributed by atoms with Crippen LogP contribution in [0.4, 0.5) is 0 Å². The Balaban J connectivity index is 1.62. The number of aryl methyl sites for hydroxylation is 1. The summed E-state index contributed by atoms with van der Waals surface area (Å²) >= 11 is 13.0. The lowest BCUT2D eigenvalue weighted by atomic mass is 9.97. The maximum absolute atomic E-state index is 13.6. The molecule has 0 N–H and O–H groups in total. The van der Waals surface area contributed by atoms with Gasteiger partial charge in [0, 0.05) is 17.4 Å². The molecule has 0 saturated carbocycles. The average Bonchev–Trinajstić information content (AvgIpc) is 3.29. The van der Waals surface area contributed by atoms with Gasteiger partial charge in [0.25, 0.3) is 5.91 Å². The molecule has 1 aliphatic heterocycles. The van der Waals surface area contributed by atoms with Gasteiger partial charge in [-0.15, -0.1) is 0 Å². The number of hydrogen-bond acceptors (Lipinski definition) is 4. The van der Waals surface area contributed by atoms with Crippen LogP contribution in [-0.4, -0.2) is 28.7 Å². The highest BCUT2D eigenvalue weighted by Gasteiger charge is 2.36. The number of pyridine rings is 1. The Bertz CT molecular complexity index is 1430. The highest BCUT2D eigenvalue weighted by atomic mass is 35.5. The molecule has 5 rings (SSSR count). The number of hydrazone groups is 1. The molecule has 0 saturated heterocycles. The van der Waals surface area contributed by atoms with E-state index >= 15 is 0 Å². The van der Waals surface area contributed by atoms with Gasteiger partial charge in [-0.2, -0.15) is 5.10 Å². The third-order valence-electron chi connectivity index (χ3n) is 5.97. The molecule has 0 aliphatic carbocycles. The summed E-state index contributed by atoms with van der Waals surface area (Å²) in [6.07, 6.45) is 0.496. The monoisotopic (exact) mass is 489 g/mol. The summed E-state index contributed by atoms with van der Waals surface area (Å²) in [6.45, 7) is 2.03. The van der Waals surface area contributed by atoms with Crippen molar-refractivity contribution in [3.05, 3.63) is 105 Å². The molecule has 2 heterocycles. The number of ether oxygens (including phenoxy) is 1. The number of halogens is 2. The smallest absolute Gasteiger partial charge is 0.276 e. The Morgan fingerprint density at radius 1 is 1.03 bits per heavy atom. The number of amides is 1. The van der Waals surface area contributed by atoms with Crippen LogP contribution in [0.3, 0.4) is 0 Å². The topological polar surface area (TPSA) is 54.8 Å². The van der Waals surface area contributed by atoms with Crippen LogP contribution >= 0.6 is 23.2 Å². The molecule has 0 spiro atoms. The zero-order valence-corrected chi connectivity index (χ0v) is 20.1. The van der Waals surface area contributed by atoms with Crippen LogP contribution in [0.15, 0.2) is 77.9 Å². The largest absolute Gasteiger partial charge is 0.497 e. The van der Waals surface area contributed by atoms with E-state index < -0.39 is 6.04 Å². The second-order valence-corrected chi connectivity index (χ2v) is 8.95. The van der Waals surface area contributed by atoms with Crippen molar-refractivity contribution < 1.29 is 9.53 Å². The number of aromatic nitrogens is 1. The lowest BCUT2D eigenvalue weighted by molar-refractivity contribution is 0.0711. The molecule has 1 unspecified atom stereocenters. The number of carbonyl (C=O) groups is 1. The summed E-state index contributed by atoms with van der Waals surface area (Å²) in [6, 6.07) is 22.2. The third kappa shape index (κ3) is 4.13. The zero-order chi connectivity index (χ0) is 23.8. The number of rotatable bonds is 4. The van der Waals surface area contributed by atoms with E-state index in [0.717, 1.165) is 33.5 Å². The van der Waals surface area contributed by atoms with E-state index in [2.05, 4.69) is 4.98 Å². The Hall–Kier alpha value is -3.41. The molecule has 0 bridgehead atoms. The van der Waals surface area contributed by atoms with Gasteiger partial charge in [0.2, 0.25) is 0 Å². The summed E-state index contributed by atoms with van der Waals surface area (Å²) in [4.78, 5) is 18.2. The number of hydrogen-bond donors (Lipinski definition) is 0. The van der Waals surface area contributed by atoms with E-state index in [-0.39, 0.29) is 5.91 Å². The predicted molar refractivity (Wildman–Crippen MR) is 136 cm³/mol. The molecule has 4 aromatic rings. The fraction of sp³-hybridized carbons (Fsp3) is 0.148. The van der Waals surface area contributed by atoms with Gasteiger partial charge in [0.1, 0.15) is 10.9 Å². The van der Waals surface area contributed by atoms with Crippen molar-refractivity contribution in [1.82, 2.24) is 9.99 Å². The Morgan fingerprint density at radius 3 is 2.53 bits per heavy atom. The summed E-state index contributed by atoms with van der Waals surface area (Å²) < 4.78 is 5.37. The Labute approximate surface area is 207 Å². The molecule has 1 amide bonds. The van der Waals surface area contributed by atoms with Crippen molar-refractivity contribution >= 4 is 45.7 Å². The van der Waals surface area contributed by atoms with E-state index in [0.29, 0.717) is 27.7 Å². The third-order valence-corrected chi connectivity index (χ3v) is 6.60. The maximum atomic E-state index is 13.6. The second kappa shape index (κ2) is 9.09. The Kier molecular flexibility index (Phi) is 5.98. The number of fused-ring (bicyclic) bond motifs is 1. The number of benzene rings is 3. The summed E-state index contributed by atoms with van der Waals surface area (Å²) in [5.41, 5.74) is 4.75. The van der Waals surface area contributed by atoms with Crippen molar-refractivity contribution in [2.75, 3.05) is 7.11 Å². The van der Waals surface area contributed by atoms with Gasteiger partial charge in [-0.3, -0.25) is 4.79 Å². The number of carbonyl (C=O) groups excluding carboxylic acids is 1. The lowest BCUT2D eigenvalue weighted by Gasteiger charge is -2.23. The molecule has 0 radical (unpaired) electrons. The van der Waals surface area contributed by atoms with Gasteiger partial charge in [-0.05, 0) is 48.9 Å². The molecule has 0 fully saturated rings. The zero-order valence-electron chi connectivity index (χ0n) is 18.6. The molecule has 170 valence electrons. The minimum Gasteiger partial charge on any atom is -0.497 e. The molecule has 1 aromatic heterocycles. The summed E-state index contributed by atoms with van der Waals surface area (Å²) in [5, 5.41) is 7.80. The molecule has 1 aliphatic rings. The highest BCUT2D eigenvalue weighted by molar-refractivity contribution is 6.34. The van der Waals surface area contributed by atoms with Crippen molar-refractivity contribution in [2.45, 2.75) is 19.4 Å². The van der Waals surface area contributed by atoms with Crippen molar-refractivity contribution in [3.63, 3.8) is 0 Å². The van der Waals surface area contributed by atoms with Crippen LogP contribution in [0, 0.1) is 6.92 Å². The van der Waals surface area contributed by atoms with Gasteiger partial charge >= 0.3 is 0 Å². The normalized spacial score (nSPS) is 15.5.